The summed E-state index contributed by atoms with van der Waals surface area (Å²) >= 11 is 0. The number of aromatic hydroxyl groups is 2. The molecule has 2 aromatic rings. The van der Waals surface area contributed by atoms with Crippen molar-refractivity contribution in [3.8, 4) is 11.5 Å². The van der Waals surface area contributed by atoms with Crippen molar-refractivity contribution in [2.45, 2.75) is 20.5 Å². The minimum atomic E-state index is -0.712. The van der Waals surface area contributed by atoms with Crippen LogP contribution in [0.25, 0.3) is 10.8 Å². The average molecular weight is 264 g/mol. The number of carbonyl (C=O) groups is 1. The number of fused-ring (bicyclic) bond motifs is 1. The van der Waals surface area contributed by atoms with Crippen molar-refractivity contribution in [1.82, 2.24) is 0 Å². The van der Waals surface area contributed by atoms with Crippen molar-refractivity contribution in [2.75, 3.05) is 0 Å². The first-order valence-corrected chi connectivity index (χ1v) is 5.51. The van der Waals surface area contributed by atoms with E-state index in [1.54, 1.807) is 6.92 Å². The van der Waals surface area contributed by atoms with E-state index in [4.69, 9.17) is 9.15 Å². The molecule has 0 fully saturated rings. The van der Waals surface area contributed by atoms with Gasteiger partial charge in [-0.1, -0.05) is 0 Å². The summed E-state index contributed by atoms with van der Waals surface area (Å²) in [6, 6.07) is 2.36. The number of benzene rings is 1. The van der Waals surface area contributed by atoms with Crippen molar-refractivity contribution in [3.05, 3.63) is 33.9 Å². The monoisotopic (exact) mass is 264 g/mol. The summed E-state index contributed by atoms with van der Waals surface area (Å²) in [5.74, 6) is -0.793. The Kier molecular flexibility index (Phi) is 3.16. The predicted octanol–water partition coefficient (Wildman–Crippen LogP) is 1.58. The lowest BCUT2D eigenvalue weighted by molar-refractivity contribution is -0.142. The van der Waals surface area contributed by atoms with E-state index in [1.807, 2.05) is 0 Å². The van der Waals surface area contributed by atoms with Crippen LogP contribution in [0.1, 0.15) is 18.2 Å². The molecule has 6 heteroatoms. The second-order valence-corrected chi connectivity index (χ2v) is 4.09. The highest BCUT2D eigenvalue weighted by atomic mass is 16.5. The second-order valence-electron chi connectivity index (χ2n) is 4.09. The van der Waals surface area contributed by atoms with Gasteiger partial charge in [0.15, 0.2) is 0 Å². The van der Waals surface area contributed by atoms with Crippen LogP contribution in [0.5, 0.6) is 11.5 Å². The zero-order chi connectivity index (χ0) is 14.2. The van der Waals surface area contributed by atoms with Crippen LogP contribution in [-0.2, 0) is 16.1 Å². The first kappa shape index (κ1) is 12.9. The molecule has 0 amide bonds. The minimum absolute atomic E-state index is 0.0504. The van der Waals surface area contributed by atoms with Crippen molar-refractivity contribution < 1.29 is 24.2 Å². The third kappa shape index (κ3) is 2.37. The van der Waals surface area contributed by atoms with Crippen LogP contribution < -0.4 is 5.63 Å². The molecule has 0 radical (unpaired) electrons. The maximum atomic E-state index is 11.7. The van der Waals surface area contributed by atoms with E-state index < -0.39 is 11.6 Å². The van der Waals surface area contributed by atoms with Gasteiger partial charge in [0.05, 0.1) is 0 Å². The fraction of sp³-hybridized carbons (Fsp3) is 0.231. The Bertz CT molecular complexity index is 713. The number of aryl methyl sites for hydroxylation is 1. The standard InChI is InChI=1S/C13H12O6/c1-6-10(5-18-7(2)14)9-3-8(15)4-11(16)12(9)13(17)19-6/h3-4,15-16H,5H2,1-2H3. The van der Waals surface area contributed by atoms with Gasteiger partial charge < -0.3 is 19.4 Å². The lowest BCUT2D eigenvalue weighted by Crippen LogP contribution is -2.07. The minimum Gasteiger partial charge on any atom is -0.508 e. The number of carbonyl (C=O) groups excluding carboxylic acids is 1. The first-order chi connectivity index (χ1) is 8.90. The number of hydrogen-bond acceptors (Lipinski definition) is 6. The maximum Gasteiger partial charge on any atom is 0.347 e. The summed E-state index contributed by atoms with van der Waals surface area (Å²) in [5, 5.41) is 19.4. The van der Waals surface area contributed by atoms with Crippen molar-refractivity contribution in [1.29, 1.82) is 0 Å². The number of phenols is 2. The lowest BCUT2D eigenvalue weighted by atomic mass is 10.1. The van der Waals surface area contributed by atoms with E-state index in [0.29, 0.717) is 10.9 Å². The third-order valence-electron chi connectivity index (χ3n) is 2.72. The molecule has 0 bridgehead atoms. The molecule has 0 saturated heterocycles. The highest BCUT2D eigenvalue weighted by Gasteiger charge is 2.16. The lowest BCUT2D eigenvalue weighted by Gasteiger charge is -2.10. The zero-order valence-electron chi connectivity index (χ0n) is 10.4. The van der Waals surface area contributed by atoms with Crippen molar-refractivity contribution in [2.24, 2.45) is 0 Å². The highest BCUT2D eigenvalue weighted by molar-refractivity contribution is 5.91. The van der Waals surface area contributed by atoms with E-state index in [2.05, 4.69) is 0 Å². The van der Waals surface area contributed by atoms with Crippen LogP contribution in [0.2, 0.25) is 0 Å². The molecule has 1 aromatic carbocycles. The maximum absolute atomic E-state index is 11.7. The van der Waals surface area contributed by atoms with Gasteiger partial charge in [-0.15, -0.1) is 0 Å². The molecular weight excluding hydrogens is 252 g/mol. The topological polar surface area (TPSA) is 97.0 Å². The number of esters is 1. The average Bonchev–Trinajstić information content (AvgIpc) is 2.26. The van der Waals surface area contributed by atoms with Gasteiger partial charge in [-0.05, 0) is 13.0 Å². The summed E-state index contributed by atoms with van der Waals surface area (Å²) in [7, 11) is 0. The van der Waals surface area contributed by atoms with Crippen LogP contribution in [0.4, 0.5) is 0 Å². The number of ether oxygens (including phenoxy) is 1. The van der Waals surface area contributed by atoms with Gasteiger partial charge >= 0.3 is 11.6 Å². The zero-order valence-corrected chi connectivity index (χ0v) is 10.4. The molecule has 0 atom stereocenters. The Morgan fingerprint density at radius 1 is 1.37 bits per heavy atom. The third-order valence-corrected chi connectivity index (χ3v) is 2.72. The SMILES string of the molecule is CC(=O)OCc1c(C)oc(=O)c2c(O)cc(O)cc12. The van der Waals surface area contributed by atoms with Crippen LogP contribution in [0.15, 0.2) is 21.3 Å². The first-order valence-electron chi connectivity index (χ1n) is 5.51. The molecule has 1 heterocycles. The fourth-order valence-corrected chi connectivity index (χ4v) is 1.86. The Morgan fingerprint density at radius 2 is 2.05 bits per heavy atom. The van der Waals surface area contributed by atoms with Gasteiger partial charge in [0.1, 0.15) is 29.3 Å². The van der Waals surface area contributed by atoms with E-state index in [1.165, 1.54) is 13.0 Å². The van der Waals surface area contributed by atoms with E-state index in [9.17, 15) is 19.8 Å². The number of phenolic OH excluding ortho intramolecular Hbond substituents is 2. The predicted molar refractivity (Wildman–Crippen MR) is 66.0 cm³/mol. The highest BCUT2D eigenvalue weighted by Crippen LogP contribution is 2.31. The van der Waals surface area contributed by atoms with E-state index in [-0.39, 0.29) is 29.3 Å². The second kappa shape index (κ2) is 4.64. The Morgan fingerprint density at radius 3 is 2.68 bits per heavy atom. The molecule has 19 heavy (non-hydrogen) atoms. The number of rotatable bonds is 2. The van der Waals surface area contributed by atoms with Gasteiger partial charge in [-0.3, -0.25) is 4.79 Å². The molecular formula is C13H12O6. The van der Waals surface area contributed by atoms with E-state index in [0.717, 1.165) is 6.07 Å². The summed E-state index contributed by atoms with van der Waals surface area (Å²) < 4.78 is 9.86. The fourth-order valence-electron chi connectivity index (χ4n) is 1.86. The Labute approximate surface area is 107 Å². The smallest absolute Gasteiger partial charge is 0.347 e. The summed E-state index contributed by atoms with van der Waals surface area (Å²) in [6.45, 7) is 2.69. The van der Waals surface area contributed by atoms with Crippen molar-refractivity contribution in [3.63, 3.8) is 0 Å². The van der Waals surface area contributed by atoms with Gasteiger partial charge in [0, 0.05) is 23.9 Å². The molecule has 0 aliphatic rings. The summed E-state index contributed by atoms with van der Waals surface area (Å²) in [4.78, 5) is 22.6. The molecule has 6 nitrogen and oxygen atoms in total. The van der Waals surface area contributed by atoms with Crippen molar-refractivity contribution >= 4 is 16.7 Å². The van der Waals surface area contributed by atoms with Crippen LogP contribution in [0, 0.1) is 6.92 Å². The van der Waals surface area contributed by atoms with Crippen LogP contribution in [0.3, 0.4) is 0 Å². The molecule has 100 valence electrons. The molecule has 1 aromatic heterocycles. The van der Waals surface area contributed by atoms with Gasteiger partial charge in [0.2, 0.25) is 0 Å². The normalized spacial score (nSPS) is 10.6. The van der Waals surface area contributed by atoms with Gasteiger partial charge in [-0.2, -0.15) is 0 Å². The quantitative estimate of drug-likeness (QED) is 0.799. The van der Waals surface area contributed by atoms with Crippen LogP contribution in [-0.4, -0.2) is 16.2 Å². The summed E-state index contributed by atoms with van der Waals surface area (Å²) in [6.07, 6.45) is 0. The Hall–Kier alpha value is -2.50. The molecule has 0 aliphatic carbocycles. The Balaban J connectivity index is 2.75. The largest absolute Gasteiger partial charge is 0.508 e. The molecule has 2 rings (SSSR count). The molecule has 0 unspecified atom stereocenters. The van der Waals surface area contributed by atoms with Gasteiger partial charge in [0.25, 0.3) is 0 Å². The molecule has 0 aliphatic heterocycles. The molecule has 0 saturated carbocycles. The van der Waals surface area contributed by atoms with Gasteiger partial charge in [-0.25, -0.2) is 4.79 Å². The molecule has 2 N–H and O–H groups in total. The summed E-state index contributed by atoms with van der Waals surface area (Å²) in [5.41, 5.74) is -0.285. The molecule has 0 spiro atoms. The number of hydrogen-bond donors (Lipinski definition) is 2. The van der Waals surface area contributed by atoms with E-state index >= 15 is 0 Å². The van der Waals surface area contributed by atoms with Crippen LogP contribution >= 0.6 is 0 Å².